The molecule has 2 heterocycles. The Morgan fingerprint density at radius 1 is 1.46 bits per heavy atom. The van der Waals surface area contributed by atoms with Gasteiger partial charge in [-0.15, -0.1) is 0 Å². The number of nitrogens with zero attached hydrogens (tertiary/aromatic N) is 2. The normalized spacial score (nSPS) is 19.5. The molecule has 1 aromatic carbocycles. The minimum atomic E-state index is -3.15. The molecule has 0 radical (unpaired) electrons. The molecule has 0 aliphatic carbocycles. The molecule has 0 bridgehead atoms. The SMILES string of the molecule is CCn1nc(C(=O)NC2CCS(=O)(=O)C2)c(=O)c2cc(F)ccc21. The van der Waals surface area contributed by atoms with E-state index in [1.807, 2.05) is 0 Å². The second kappa shape index (κ2) is 5.97. The standard InChI is InChI=1S/C15H16FN3O4S/c1-2-19-12-4-3-9(16)7-11(12)14(20)13(18-19)15(21)17-10-5-6-24(22,23)8-10/h3-4,7,10H,2,5-6,8H2,1H3,(H,17,21). The number of amides is 1. The number of hydrogen-bond acceptors (Lipinski definition) is 5. The molecule has 1 aliphatic heterocycles. The van der Waals surface area contributed by atoms with Gasteiger partial charge < -0.3 is 5.32 Å². The van der Waals surface area contributed by atoms with Crippen molar-refractivity contribution in [2.24, 2.45) is 0 Å². The Hall–Kier alpha value is -2.29. The van der Waals surface area contributed by atoms with Crippen LogP contribution in [0.2, 0.25) is 0 Å². The number of benzene rings is 1. The average Bonchev–Trinajstić information content (AvgIpc) is 2.86. The largest absolute Gasteiger partial charge is 0.347 e. The third kappa shape index (κ3) is 3.03. The molecule has 128 valence electrons. The monoisotopic (exact) mass is 353 g/mol. The summed E-state index contributed by atoms with van der Waals surface area (Å²) >= 11 is 0. The first-order chi connectivity index (χ1) is 11.3. The third-order valence-electron chi connectivity index (χ3n) is 4.00. The molecular weight excluding hydrogens is 337 g/mol. The van der Waals surface area contributed by atoms with Crippen molar-refractivity contribution >= 4 is 26.6 Å². The Balaban J connectivity index is 2.01. The van der Waals surface area contributed by atoms with Crippen LogP contribution < -0.4 is 10.7 Å². The summed E-state index contributed by atoms with van der Waals surface area (Å²) in [6, 6.07) is 3.19. The van der Waals surface area contributed by atoms with Crippen molar-refractivity contribution in [3.8, 4) is 0 Å². The number of hydrogen-bond donors (Lipinski definition) is 1. The van der Waals surface area contributed by atoms with Crippen LogP contribution in [0, 0.1) is 5.82 Å². The highest BCUT2D eigenvalue weighted by molar-refractivity contribution is 7.91. The van der Waals surface area contributed by atoms with Crippen molar-refractivity contribution in [2.75, 3.05) is 11.5 Å². The highest BCUT2D eigenvalue weighted by Crippen LogP contribution is 2.14. The second-order valence-electron chi connectivity index (χ2n) is 5.73. The zero-order valence-electron chi connectivity index (χ0n) is 13.0. The third-order valence-corrected chi connectivity index (χ3v) is 5.77. The summed E-state index contributed by atoms with van der Waals surface area (Å²) in [4.78, 5) is 24.8. The van der Waals surface area contributed by atoms with Crippen LogP contribution in [0.5, 0.6) is 0 Å². The fourth-order valence-corrected chi connectivity index (χ4v) is 4.49. The van der Waals surface area contributed by atoms with E-state index in [2.05, 4.69) is 10.4 Å². The second-order valence-corrected chi connectivity index (χ2v) is 7.96. The number of carbonyl (C=O) groups excluding carboxylic acids is 1. The van der Waals surface area contributed by atoms with Crippen molar-refractivity contribution < 1.29 is 17.6 Å². The number of aryl methyl sites for hydroxylation is 1. The highest BCUT2D eigenvalue weighted by Gasteiger charge is 2.30. The van der Waals surface area contributed by atoms with E-state index in [1.165, 1.54) is 16.8 Å². The fraction of sp³-hybridized carbons (Fsp3) is 0.400. The van der Waals surface area contributed by atoms with E-state index in [9.17, 15) is 22.4 Å². The number of aromatic nitrogens is 2. The van der Waals surface area contributed by atoms with Gasteiger partial charge in [-0.2, -0.15) is 5.10 Å². The van der Waals surface area contributed by atoms with E-state index in [0.717, 1.165) is 6.07 Å². The molecule has 1 saturated heterocycles. The van der Waals surface area contributed by atoms with Gasteiger partial charge in [0.25, 0.3) is 5.91 Å². The zero-order chi connectivity index (χ0) is 17.5. The Kier molecular flexibility index (Phi) is 4.12. The highest BCUT2D eigenvalue weighted by atomic mass is 32.2. The summed E-state index contributed by atoms with van der Waals surface area (Å²) in [5.74, 6) is -1.46. The molecule has 1 aliphatic rings. The summed E-state index contributed by atoms with van der Waals surface area (Å²) in [5.41, 5.74) is -0.601. The first kappa shape index (κ1) is 16.6. The van der Waals surface area contributed by atoms with Gasteiger partial charge in [0.05, 0.1) is 22.4 Å². The molecule has 1 atom stereocenters. The molecule has 1 amide bonds. The van der Waals surface area contributed by atoms with E-state index in [0.29, 0.717) is 18.5 Å². The predicted octanol–water partition coefficient (Wildman–Crippen LogP) is 0.472. The molecule has 1 unspecified atom stereocenters. The molecule has 24 heavy (non-hydrogen) atoms. The van der Waals surface area contributed by atoms with Crippen molar-refractivity contribution in [3.63, 3.8) is 0 Å². The minimum absolute atomic E-state index is 0.00744. The lowest BCUT2D eigenvalue weighted by atomic mass is 10.1. The van der Waals surface area contributed by atoms with Crippen LogP contribution in [0.1, 0.15) is 23.8 Å². The molecule has 2 aromatic rings. The summed E-state index contributed by atoms with van der Waals surface area (Å²) in [6.45, 7) is 2.17. The van der Waals surface area contributed by atoms with Crippen LogP contribution in [0.15, 0.2) is 23.0 Å². The van der Waals surface area contributed by atoms with Gasteiger partial charge in [-0.1, -0.05) is 0 Å². The molecule has 0 saturated carbocycles. The van der Waals surface area contributed by atoms with Crippen LogP contribution >= 0.6 is 0 Å². The van der Waals surface area contributed by atoms with Crippen LogP contribution in [0.3, 0.4) is 0 Å². The van der Waals surface area contributed by atoms with Gasteiger partial charge in [0.15, 0.2) is 15.5 Å². The fourth-order valence-electron chi connectivity index (χ4n) is 2.81. The predicted molar refractivity (Wildman–Crippen MR) is 86.2 cm³/mol. The lowest BCUT2D eigenvalue weighted by Gasteiger charge is -2.13. The number of carbonyl (C=O) groups is 1. The van der Waals surface area contributed by atoms with Crippen LogP contribution in [-0.4, -0.2) is 41.7 Å². The molecule has 3 rings (SSSR count). The van der Waals surface area contributed by atoms with E-state index >= 15 is 0 Å². The van der Waals surface area contributed by atoms with Gasteiger partial charge in [-0.3, -0.25) is 14.3 Å². The molecule has 7 nitrogen and oxygen atoms in total. The maximum atomic E-state index is 13.5. The molecule has 1 aromatic heterocycles. The molecular formula is C15H16FN3O4S. The van der Waals surface area contributed by atoms with E-state index in [4.69, 9.17) is 0 Å². The van der Waals surface area contributed by atoms with E-state index < -0.39 is 33.0 Å². The number of halogens is 1. The number of sulfone groups is 1. The first-order valence-corrected chi connectivity index (χ1v) is 9.34. The Morgan fingerprint density at radius 2 is 2.21 bits per heavy atom. The number of nitrogens with one attached hydrogen (secondary N) is 1. The lowest BCUT2D eigenvalue weighted by molar-refractivity contribution is 0.0933. The zero-order valence-corrected chi connectivity index (χ0v) is 13.8. The van der Waals surface area contributed by atoms with Crippen molar-refractivity contribution in [3.05, 3.63) is 39.9 Å². The van der Waals surface area contributed by atoms with Crippen molar-refractivity contribution in [2.45, 2.75) is 25.9 Å². The maximum absolute atomic E-state index is 13.5. The lowest BCUT2D eigenvalue weighted by Crippen LogP contribution is -2.39. The quantitative estimate of drug-likeness (QED) is 0.865. The van der Waals surface area contributed by atoms with Gasteiger partial charge in [0.1, 0.15) is 5.82 Å². The molecule has 0 spiro atoms. The van der Waals surface area contributed by atoms with E-state index in [-0.39, 0.29) is 22.6 Å². The Bertz CT molecular complexity index is 984. The minimum Gasteiger partial charge on any atom is -0.347 e. The maximum Gasteiger partial charge on any atom is 0.276 e. The van der Waals surface area contributed by atoms with Crippen LogP contribution in [-0.2, 0) is 16.4 Å². The summed E-state index contributed by atoms with van der Waals surface area (Å²) in [5, 5.41) is 6.65. The van der Waals surface area contributed by atoms with E-state index in [1.54, 1.807) is 6.92 Å². The molecule has 1 N–H and O–H groups in total. The van der Waals surface area contributed by atoms with Crippen LogP contribution in [0.25, 0.3) is 10.9 Å². The number of rotatable bonds is 3. The van der Waals surface area contributed by atoms with Gasteiger partial charge in [-0.05, 0) is 31.5 Å². The van der Waals surface area contributed by atoms with Gasteiger partial charge in [-0.25, -0.2) is 12.8 Å². The summed E-state index contributed by atoms with van der Waals surface area (Å²) in [6.07, 6.45) is 0.304. The Morgan fingerprint density at radius 3 is 2.83 bits per heavy atom. The topological polar surface area (TPSA) is 98.1 Å². The summed E-state index contributed by atoms with van der Waals surface area (Å²) in [7, 11) is -3.15. The van der Waals surface area contributed by atoms with Crippen molar-refractivity contribution in [1.29, 1.82) is 0 Å². The van der Waals surface area contributed by atoms with Crippen molar-refractivity contribution in [1.82, 2.24) is 15.1 Å². The van der Waals surface area contributed by atoms with Crippen LogP contribution in [0.4, 0.5) is 4.39 Å². The molecule has 9 heteroatoms. The van der Waals surface area contributed by atoms with Gasteiger partial charge in [0, 0.05) is 12.6 Å². The number of fused-ring (bicyclic) bond motifs is 1. The molecule has 1 fully saturated rings. The van der Waals surface area contributed by atoms with Gasteiger partial charge >= 0.3 is 0 Å². The average molecular weight is 353 g/mol. The smallest absolute Gasteiger partial charge is 0.276 e. The Labute approximate surface area is 137 Å². The van der Waals surface area contributed by atoms with Gasteiger partial charge in [0.2, 0.25) is 5.43 Å². The summed E-state index contributed by atoms with van der Waals surface area (Å²) < 4.78 is 37.8. The first-order valence-electron chi connectivity index (χ1n) is 7.52.